The Hall–Kier alpha value is -1.06. The lowest BCUT2D eigenvalue weighted by molar-refractivity contribution is 0.125. The van der Waals surface area contributed by atoms with E-state index in [4.69, 9.17) is 10.5 Å². The van der Waals surface area contributed by atoms with Crippen LogP contribution in [0.4, 0.5) is 0 Å². The molecule has 1 saturated heterocycles. The second-order valence-electron chi connectivity index (χ2n) is 6.38. The maximum Gasteiger partial charge on any atom is 0.127 e. The molecular formula is C17H26N2O. The van der Waals surface area contributed by atoms with Crippen LogP contribution in [0.25, 0.3) is 0 Å². The van der Waals surface area contributed by atoms with E-state index in [2.05, 4.69) is 30.9 Å². The van der Waals surface area contributed by atoms with E-state index in [1.54, 1.807) is 0 Å². The van der Waals surface area contributed by atoms with Crippen LogP contribution in [0.5, 0.6) is 5.75 Å². The standard InChI is InChI=1S/C17H26N2O/c1-12-6-7-15-16(18)14(11-20-17(15)13(12)2)10-19-8-4-3-5-9-19/h6-7,14,16H,3-5,8-11,18H2,1-2H3. The number of ether oxygens (including phenoxy) is 1. The van der Waals surface area contributed by atoms with E-state index in [9.17, 15) is 0 Å². The molecule has 0 spiro atoms. The van der Waals surface area contributed by atoms with Crippen LogP contribution in [0.15, 0.2) is 12.1 Å². The average Bonchev–Trinajstić information content (AvgIpc) is 2.47. The summed E-state index contributed by atoms with van der Waals surface area (Å²) >= 11 is 0. The Balaban J connectivity index is 1.75. The van der Waals surface area contributed by atoms with Crippen molar-refractivity contribution in [1.82, 2.24) is 4.90 Å². The largest absolute Gasteiger partial charge is 0.493 e. The molecule has 3 rings (SSSR count). The number of nitrogens with two attached hydrogens (primary N) is 1. The Bertz CT molecular complexity index is 480. The van der Waals surface area contributed by atoms with Crippen LogP contribution in [-0.4, -0.2) is 31.1 Å². The Labute approximate surface area is 122 Å². The highest BCUT2D eigenvalue weighted by molar-refractivity contribution is 5.48. The fourth-order valence-corrected chi connectivity index (χ4v) is 3.45. The van der Waals surface area contributed by atoms with Crippen molar-refractivity contribution in [1.29, 1.82) is 0 Å². The lowest BCUT2D eigenvalue weighted by Gasteiger charge is -2.37. The van der Waals surface area contributed by atoms with Crippen molar-refractivity contribution in [2.45, 2.75) is 39.2 Å². The Kier molecular flexibility index (Phi) is 3.99. The van der Waals surface area contributed by atoms with Gasteiger partial charge in [0.2, 0.25) is 0 Å². The molecule has 0 amide bonds. The van der Waals surface area contributed by atoms with Crippen molar-refractivity contribution in [3.63, 3.8) is 0 Å². The third kappa shape index (κ3) is 2.57. The second kappa shape index (κ2) is 5.74. The number of hydrogen-bond donors (Lipinski definition) is 1. The molecule has 1 aromatic carbocycles. The van der Waals surface area contributed by atoms with E-state index < -0.39 is 0 Å². The molecule has 3 nitrogen and oxygen atoms in total. The zero-order chi connectivity index (χ0) is 14.1. The van der Waals surface area contributed by atoms with Crippen molar-refractivity contribution in [3.8, 4) is 5.75 Å². The van der Waals surface area contributed by atoms with E-state index in [-0.39, 0.29) is 6.04 Å². The van der Waals surface area contributed by atoms with Gasteiger partial charge >= 0.3 is 0 Å². The molecule has 2 atom stereocenters. The molecule has 2 N–H and O–H groups in total. The van der Waals surface area contributed by atoms with Gasteiger partial charge in [-0.2, -0.15) is 0 Å². The molecule has 20 heavy (non-hydrogen) atoms. The molecule has 3 heteroatoms. The predicted molar refractivity (Wildman–Crippen MR) is 82.1 cm³/mol. The number of likely N-dealkylation sites (tertiary alicyclic amines) is 1. The van der Waals surface area contributed by atoms with Gasteiger partial charge in [0.15, 0.2) is 0 Å². The molecular weight excluding hydrogens is 248 g/mol. The van der Waals surface area contributed by atoms with Crippen LogP contribution in [0.1, 0.15) is 42.0 Å². The third-order valence-electron chi connectivity index (χ3n) is 4.96. The Morgan fingerprint density at radius 2 is 1.95 bits per heavy atom. The minimum Gasteiger partial charge on any atom is -0.493 e. The molecule has 2 aliphatic rings. The van der Waals surface area contributed by atoms with Crippen molar-refractivity contribution < 1.29 is 4.74 Å². The summed E-state index contributed by atoms with van der Waals surface area (Å²) in [7, 11) is 0. The van der Waals surface area contributed by atoms with Gasteiger partial charge < -0.3 is 15.4 Å². The molecule has 0 aromatic heterocycles. The van der Waals surface area contributed by atoms with Gasteiger partial charge in [-0.25, -0.2) is 0 Å². The summed E-state index contributed by atoms with van der Waals surface area (Å²) in [4.78, 5) is 2.56. The number of rotatable bonds is 2. The molecule has 0 saturated carbocycles. The summed E-state index contributed by atoms with van der Waals surface area (Å²) in [5.41, 5.74) is 10.2. The molecule has 0 radical (unpaired) electrons. The smallest absolute Gasteiger partial charge is 0.127 e. The first-order valence-corrected chi connectivity index (χ1v) is 7.87. The summed E-state index contributed by atoms with van der Waals surface area (Å²) in [5, 5.41) is 0. The van der Waals surface area contributed by atoms with Crippen molar-refractivity contribution in [2.75, 3.05) is 26.2 Å². The van der Waals surface area contributed by atoms with E-state index in [0.29, 0.717) is 5.92 Å². The third-order valence-corrected chi connectivity index (χ3v) is 4.96. The first kappa shape index (κ1) is 13.9. The van der Waals surface area contributed by atoms with Gasteiger partial charge in [0.05, 0.1) is 6.61 Å². The highest BCUT2D eigenvalue weighted by atomic mass is 16.5. The number of hydrogen-bond acceptors (Lipinski definition) is 3. The quantitative estimate of drug-likeness (QED) is 0.901. The van der Waals surface area contributed by atoms with Gasteiger partial charge in [-0.05, 0) is 50.9 Å². The van der Waals surface area contributed by atoms with Crippen LogP contribution < -0.4 is 10.5 Å². The van der Waals surface area contributed by atoms with Crippen LogP contribution in [0.3, 0.4) is 0 Å². The van der Waals surface area contributed by atoms with Gasteiger partial charge in [-0.15, -0.1) is 0 Å². The minimum atomic E-state index is 0.111. The van der Waals surface area contributed by atoms with Gasteiger partial charge in [-0.3, -0.25) is 0 Å². The van der Waals surface area contributed by atoms with E-state index >= 15 is 0 Å². The maximum absolute atomic E-state index is 6.52. The number of aryl methyl sites for hydroxylation is 1. The maximum atomic E-state index is 6.52. The highest BCUT2D eigenvalue weighted by Gasteiger charge is 2.31. The van der Waals surface area contributed by atoms with Crippen LogP contribution in [0.2, 0.25) is 0 Å². The Morgan fingerprint density at radius 3 is 2.70 bits per heavy atom. The fraction of sp³-hybridized carbons (Fsp3) is 0.647. The zero-order valence-corrected chi connectivity index (χ0v) is 12.7. The van der Waals surface area contributed by atoms with Gasteiger partial charge in [0.1, 0.15) is 5.75 Å². The zero-order valence-electron chi connectivity index (χ0n) is 12.7. The highest BCUT2D eigenvalue weighted by Crippen LogP contribution is 2.37. The molecule has 0 bridgehead atoms. The summed E-state index contributed by atoms with van der Waals surface area (Å²) < 4.78 is 6.05. The first-order chi connectivity index (χ1) is 9.66. The van der Waals surface area contributed by atoms with Gasteiger partial charge in [-0.1, -0.05) is 18.6 Å². The summed E-state index contributed by atoms with van der Waals surface area (Å²) in [6.45, 7) is 8.55. The first-order valence-electron chi connectivity index (χ1n) is 7.87. The molecule has 2 heterocycles. The molecule has 0 aliphatic carbocycles. The normalized spacial score (nSPS) is 26.9. The number of fused-ring (bicyclic) bond motifs is 1. The van der Waals surface area contributed by atoms with E-state index in [1.807, 2.05) is 0 Å². The number of nitrogens with zero attached hydrogens (tertiary/aromatic N) is 1. The summed E-state index contributed by atoms with van der Waals surface area (Å²) in [5.74, 6) is 1.45. The number of benzene rings is 1. The molecule has 1 fully saturated rings. The summed E-state index contributed by atoms with van der Waals surface area (Å²) in [6.07, 6.45) is 4.04. The topological polar surface area (TPSA) is 38.5 Å². The van der Waals surface area contributed by atoms with Crippen molar-refractivity contribution in [2.24, 2.45) is 11.7 Å². The monoisotopic (exact) mass is 274 g/mol. The van der Waals surface area contributed by atoms with Crippen LogP contribution >= 0.6 is 0 Å². The lowest BCUT2D eigenvalue weighted by atomic mass is 9.88. The number of piperidine rings is 1. The van der Waals surface area contributed by atoms with E-state index in [1.165, 1.54) is 49.0 Å². The van der Waals surface area contributed by atoms with Crippen molar-refractivity contribution >= 4 is 0 Å². The summed E-state index contributed by atoms with van der Waals surface area (Å²) in [6, 6.07) is 4.44. The minimum absolute atomic E-state index is 0.111. The van der Waals surface area contributed by atoms with E-state index in [0.717, 1.165) is 18.9 Å². The predicted octanol–water partition coefficient (Wildman–Crippen LogP) is 2.80. The average molecular weight is 274 g/mol. The lowest BCUT2D eigenvalue weighted by Crippen LogP contribution is -2.42. The molecule has 2 unspecified atom stereocenters. The molecule has 1 aromatic rings. The van der Waals surface area contributed by atoms with Gasteiger partial charge in [0, 0.05) is 24.1 Å². The van der Waals surface area contributed by atoms with Gasteiger partial charge in [0.25, 0.3) is 0 Å². The fourth-order valence-electron chi connectivity index (χ4n) is 3.45. The SMILES string of the molecule is Cc1ccc2c(c1C)OCC(CN1CCCCC1)C2N. The Morgan fingerprint density at radius 1 is 1.20 bits per heavy atom. The van der Waals surface area contributed by atoms with Crippen LogP contribution in [0, 0.1) is 19.8 Å². The molecule has 2 aliphatic heterocycles. The second-order valence-corrected chi connectivity index (χ2v) is 6.38. The van der Waals surface area contributed by atoms with Crippen LogP contribution in [-0.2, 0) is 0 Å². The molecule has 110 valence electrons. The van der Waals surface area contributed by atoms with Crippen molar-refractivity contribution in [3.05, 3.63) is 28.8 Å².